The molecule has 5 nitrogen and oxygen atoms in total. The zero-order valence-corrected chi connectivity index (χ0v) is 12.8. The third kappa shape index (κ3) is 3.08. The molecular weight excluding hydrogens is 292 g/mol. The van der Waals surface area contributed by atoms with E-state index in [1.165, 1.54) is 0 Å². The van der Waals surface area contributed by atoms with E-state index in [9.17, 15) is 9.90 Å². The number of carbonyl (C=O) groups is 1. The molecule has 23 heavy (non-hydrogen) atoms. The molecule has 1 aromatic heterocycles. The van der Waals surface area contributed by atoms with Crippen LogP contribution in [0.3, 0.4) is 0 Å². The first-order chi connectivity index (χ1) is 11.1. The van der Waals surface area contributed by atoms with E-state index < -0.39 is 5.97 Å². The minimum atomic E-state index is -1.02. The summed E-state index contributed by atoms with van der Waals surface area (Å²) in [6.45, 7) is 1.97. The quantitative estimate of drug-likeness (QED) is 0.762. The Bertz CT molecular complexity index is 891. The van der Waals surface area contributed by atoms with Gasteiger partial charge in [0.2, 0.25) is 0 Å². The van der Waals surface area contributed by atoms with E-state index in [0.29, 0.717) is 17.1 Å². The van der Waals surface area contributed by atoms with Crippen LogP contribution in [0.5, 0.6) is 5.75 Å². The van der Waals surface area contributed by atoms with Crippen molar-refractivity contribution in [3.63, 3.8) is 0 Å². The van der Waals surface area contributed by atoms with Gasteiger partial charge in [-0.15, -0.1) is 0 Å². The SMILES string of the molecule is COc1ccc2cc(C(=O)O)c(Nc3cccc(C)c3)nc2c1. The summed E-state index contributed by atoms with van der Waals surface area (Å²) in [5.74, 6) is -0.0381. The predicted octanol–water partition coefficient (Wildman–Crippen LogP) is 3.99. The first kappa shape index (κ1) is 14.8. The Balaban J connectivity index is 2.12. The number of carboxylic acid groups (broad SMARTS) is 1. The summed E-state index contributed by atoms with van der Waals surface area (Å²) < 4.78 is 5.20. The van der Waals surface area contributed by atoms with Crippen molar-refractivity contribution in [2.45, 2.75) is 6.92 Å². The number of benzene rings is 2. The molecule has 0 atom stereocenters. The molecule has 0 aliphatic carbocycles. The second-order valence-corrected chi connectivity index (χ2v) is 5.24. The number of aromatic nitrogens is 1. The number of aromatic carboxylic acids is 1. The number of pyridine rings is 1. The van der Waals surface area contributed by atoms with Crippen LogP contribution in [-0.4, -0.2) is 23.2 Å². The molecule has 2 N–H and O–H groups in total. The van der Waals surface area contributed by atoms with Crippen LogP contribution >= 0.6 is 0 Å². The fourth-order valence-corrected chi connectivity index (χ4v) is 2.39. The number of hydrogen-bond donors (Lipinski definition) is 2. The van der Waals surface area contributed by atoms with Crippen molar-refractivity contribution in [3.05, 3.63) is 59.7 Å². The maximum atomic E-state index is 11.5. The molecule has 0 saturated heterocycles. The lowest BCUT2D eigenvalue weighted by Gasteiger charge is -2.11. The molecule has 3 rings (SSSR count). The molecule has 0 bridgehead atoms. The van der Waals surface area contributed by atoms with Gasteiger partial charge in [0.25, 0.3) is 0 Å². The van der Waals surface area contributed by atoms with Crippen LogP contribution in [0.1, 0.15) is 15.9 Å². The Morgan fingerprint density at radius 1 is 1.17 bits per heavy atom. The number of fused-ring (bicyclic) bond motifs is 1. The molecule has 0 unspecified atom stereocenters. The Morgan fingerprint density at radius 3 is 2.70 bits per heavy atom. The number of aryl methyl sites for hydroxylation is 1. The van der Waals surface area contributed by atoms with Crippen LogP contribution in [0.15, 0.2) is 48.5 Å². The fourth-order valence-electron chi connectivity index (χ4n) is 2.39. The zero-order chi connectivity index (χ0) is 16.4. The minimum Gasteiger partial charge on any atom is -0.497 e. The summed E-state index contributed by atoms with van der Waals surface area (Å²) >= 11 is 0. The van der Waals surface area contributed by atoms with Gasteiger partial charge in [0, 0.05) is 17.1 Å². The van der Waals surface area contributed by atoms with Gasteiger partial charge in [-0.25, -0.2) is 9.78 Å². The Hall–Kier alpha value is -3.08. The second-order valence-electron chi connectivity index (χ2n) is 5.24. The standard InChI is InChI=1S/C18H16N2O3/c1-11-4-3-5-13(8-11)19-17-15(18(21)22)9-12-6-7-14(23-2)10-16(12)20-17/h3-10H,1-2H3,(H,19,20)(H,21,22). The monoisotopic (exact) mass is 308 g/mol. The number of ether oxygens (including phenoxy) is 1. The van der Waals surface area contributed by atoms with Gasteiger partial charge in [0.05, 0.1) is 12.6 Å². The van der Waals surface area contributed by atoms with Crippen LogP contribution in [-0.2, 0) is 0 Å². The predicted molar refractivity (Wildman–Crippen MR) is 89.7 cm³/mol. The van der Waals surface area contributed by atoms with Gasteiger partial charge in [-0.3, -0.25) is 0 Å². The van der Waals surface area contributed by atoms with E-state index >= 15 is 0 Å². The molecule has 3 aromatic rings. The van der Waals surface area contributed by atoms with Crippen LogP contribution in [0.25, 0.3) is 10.9 Å². The van der Waals surface area contributed by atoms with E-state index in [1.807, 2.05) is 31.2 Å². The van der Waals surface area contributed by atoms with E-state index in [1.54, 1.807) is 31.4 Å². The molecule has 2 aromatic carbocycles. The third-order valence-electron chi connectivity index (χ3n) is 3.54. The molecule has 116 valence electrons. The van der Waals surface area contributed by atoms with Gasteiger partial charge in [0.1, 0.15) is 17.1 Å². The molecule has 0 radical (unpaired) electrons. The van der Waals surface area contributed by atoms with Gasteiger partial charge in [-0.2, -0.15) is 0 Å². The van der Waals surface area contributed by atoms with E-state index in [4.69, 9.17) is 4.74 Å². The topological polar surface area (TPSA) is 71.5 Å². The molecule has 0 fully saturated rings. The highest BCUT2D eigenvalue weighted by Crippen LogP contribution is 2.26. The third-order valence-corrected chi connectivity index (χ3v) is 3.54. The lowest BCUT2D eigenvalue weighted by molar-refractivity contribution is 0.0698. The molecule has 1 heterocycles. The average molecular weight is 308 g/mol. The number of rotatable bonds is 4. The first-order valence-corrected chi connectivity index (χ1v) is 7.12. The highest BCUT2D eigenvalue weighted by atomic mass is 16.5. The lowest BCUT2D eigenvalue weighted by Crippen LogP contribution is -2.05. The maximum absolute atomic E-state index is 11.5. The van der Waals surface area contributed by atoms with Gasteiger partial charge < -0.3 is 15.2 Å². The second kappa shape index (κ2) is 5.96. The Labute approximate surface area is 133 Å². The summed E-state index contributed by atoms with van der Waals surface area (Å²) in [7, 11) is 1.58. The van der Waals surface area contributed by atoms with Gasteiger partial charge in [0.15, 0.2) is 0 Å². The number of anilines is 2. The van der Waals surface area contributed by atoms with Crippen LogP contribution in [0, 0.1) is 6.92 Å². The van der Waals surface area contributed by atoms with Crippen molar-refractivity contribution in [1.29, 1.82) is 0 Å². The summed E-state index contributed by atoms with van der Waals surface area (Å²) in [4.78, 5) is 16.0. The Kier molecular flexibility index (Phi) is 3.85. The van der Waals surface area contributed by atoms with Crippen molar-refractivity contribution >= 4 is 28.4 Å². The summed E-state index contributed by atoms with van der Waals surface area (Å²) in [6, 6.07) is 14.7. The average Bonchev–Trinajstić information content (AvgIpc) is 2.53. The van der Waals surface area contributed by atoms with Gasteiger partial charge in [-0.05, 0) is 42.8 Å². The molecule has 5 heteroatoms. The Morgan fingerprint density at radius 2 is 2.00 bits per heavy atom. The highest BCUT2D eigenvalue weighted by Gasteiger charge is 2.14. The number of nitrogens with one attached hydrogen (secondary N) is 1. The number of carboxylic acids is 1. The molecular formula is C18H16N2O3. The lowest BCUT2D eigenvalue weighted by atomic mass is 10.1. The molecule has 0 spiro atoms. The maximum Gasteiger partial charge on any atom is 0.339 e. The number of methoxy groups -OCH3 is 1. The fraction of sp³-hybridized carbons (Fsp3) is 0.111. The van der Waals surface area contributed by atoms with Crippen molar-refractivity contribution < 1.29 is 14.6 Å². The summed E-state index contributed by atoms with van der Waals surface area (Å²) in [5, 5.41) is 13.3. The number of hydrogen-bond acceptors (Lipinski definition) is 4. The normalized spacial score (nSPS) is 10.5. The minimum absolute atomic E-state index is 0.129. The molecule has 0 aliphatic rings. The molecule has 0 aliphatic heterocycles. The number of nitrogens with zero attached hydrogens (tertiary/aromatic N) is 1. The van der Waals surface area contributed by atoms with Crippen molar-refractivity contribution in [2.75, 3.05) is 12.4 Å². The van der Waals surface area contributed by atoms with Crippen LogP contribution in [0.4, 0.5) is 11.5 Å². The van der Waals surface area contributed by atoms with E-state index in [-0.39, 0.29) is 5.56 Å². The van der Waals surface area contributed by atoms with Crippen molar-refractivity contribution in [3.8, 4) is 5.75 Å². The largest absolute Gasteiger partial charge is 0.497 e. The van der Waals surface area contributed by atoms with Crippen molar-refractivity contribution in [2.24, 2.45) is 0 Å². The molecule has 0 amide bonds. The zero-order valence-electron chi connectivity index (χ0n) is 12.8. The van der Waals surface area contributed by atoms with E-state index in [0.717, 1.165) is 16.6 Å². The van der Waals surface area contributed by atoms with Crippen LogP contribution < -0.4 is 10.1 Å². The highest BCUT2D eigenvalue weighted by molar-refractivity contribution is 5.99. The summed E-state index contributed by atoms with van der Waals surface area (Å²) in [6.07, 6.45) is 0. The van der Waals surface area contributed by atoms with Crippen LogP contribution in [0.2, 0.25) is 0 Å². The molecule has 0 saturated carbocycles. The van der Waals surface area contributed by atoms with E-state index in [2.05, 4.69) is 10.3 Å². The van der Waals surface area contributed by atoms with Crippen molar-refractivity contribution in [1.82, 2.24) is 4.98 Å². The first-order valence-electron chi connectivity index (χ1n) is 7.12. The smallest absolute Gasteiger partial charge is 0.339 e. The summed E-state index contributed by atoms with van der Waals surface area (Å²) in [5.41, 5.74) is 2.67. The van der Waals surface area contributed by atoms with Gasteiger partial charge in [-0.1, -0.05) is 12.1 Å². The van der Waals surface area contributed by atoms with Gasteiger partial charge >= 0.3 is 5.97 Å².